The van der Waals surface area contributed by atoms with E-state index in [1.807, 2.05) is 6.92 Å². The molecule has 16 heavy (non-hydrogen) atoms. The lowest BCUT2D eigenvalue weighted by molar-refractivity contribution is 0.104. The lowest BCUT2D eigenvalue weighted by Crippen LogP contribution is -2.38. The van der Waals surface area contributed by atoms with Crippen LogP contribution in [0.4, 0.5) is 4.39 Å². The first-order valence-electron chi connectivity index (χ1n) is 4.89. The van der Waals surface area contributed by atoms with E-state index >= 15 is 0 Å². The maximum Gasteiger partial charge on any atom is 0.129 e. The van der Waals surface area contributed by atoms with Crippen molar-refractivity contribution in [3.8, 4) is 0 Å². The average molecular weight is 287 g/mol. The summed E-state index contributed by atoms with van der Waals surface area (Å²) in [5.74, 6) is 0.0980. The van der Waals surface area contributed by atoms with Crippen LogP contribution < -0.4 is 5.73 Å². The molecular weight excluding hydrogens is 275 g/mol. The molecule has 0 saturated carbocycles. The number of ether oxygens (including phenoxy) is 1. The highest BCUT2D eigenvalue weighted by Crippen LogP contribution is 2.31. The van der Waals surface area contributed by atoms with Crippen molar-refractivity contribution in [2.75, 3.05) is 13.2 Å². The van der Waals surface area contributed by atoms with Crippen LogP contribution in [0.25, 0.3) is 0 Å². The van der Waals surface area contributed by atoms with E-state index in [9.17, 15) is 4.39 Å². The standard InChI is InChI=1S/C11H12BrFN2O/c1-11(6-16-5-10(14)15-11)8-4-7(12)2-3-9(8)13/h2-4H,5-6H2,1H3,(H2,14,15)/t11-/m0/s1. The zero-order chi connectivity index (χ0) is 11.8. The molecule has 0 aromatic heterocycles. The molecule has 2 rings (SSSR count). The predicted octanol–water partition coefficient (Wildman–Crippen LogP) is 2.19. The van der Waals surface area contributed by atoms with Crippen LogP contribution >= 0.6 is 15.9 Å². The van der Waals surface area contributed by atoms with Gasteiger partial charge in [-0.05, 0) is 25.1 Å². The highest BCUT2D eigenvalue weighted by molar-refractivity contribution is 9.10. The first-order valence-corrected chi connectivity index (χ1v) is 5.68. The maximum atomic E-state index is 13.7. The Labute approximate surface area is 102 Å². The monoisotopic (exact) mass is 286 g/mol. The van der Waals surface area contributed by atoms with Crippen molar-refractivity contribution in [1.82, 2.24) is 0 Å². The van der Waals surface area contributed by atoms with E-state index in [0.717, 1.165) is 4.47 Å². The minimum Gasteiger partial charge on any atom is -0.386 e. The molecule has 1 aliphatic heterocycles. The van der Waals surface area contributed by atoms with Gasteiger partial charge in [-0.3, -0.25) is 4.99 Å². The van der Waals surface area contributed by atoms with Crippen LogP contribution in [0.15, 0.2) is 27.7 Å². The number of hydrogen-bond acceptors (Lipinski definition) is 3. The Balaban J connectivity index is 2.50. The third-order valence-corrected chi connectivity index (χ3v) is 3.03. The molecule has 0 saturated heterocycles. The molecule has 0 unspecified atom stereocenters. The van der Waals surface area contributed by atoms with Gasteiger partial charge >= 0.3 is 0 Å². The predicted molar refractivity (Wildman–Crippen MR) is 63.9 cm³/mol. The van der Waals surface area contributed by atoms with E-state index in [4.69, 9.17) is 10.5 Å². The largest absolute Gasteiger partial charge is 0.386 e. The molecule has 0 spiro atoms. The zero-order valence-corrected chi connectivity index (χ0v) is 10.4. The highest BCUT2D eigenvalue weighted by Gasteiger charge is 2.32. The summed E-state index contributed by atoms with van der Waals surface area (Å²) in [5, 5.41) is 0. The second kappa shape index (κ2) is 4.14. The summed E-state index contributed by atoms with van der Waals surface area (Å²) in [6.07, 6.45) is 0. The molecular formula is C11H12BrFN2O. The fourth-order valence-corrected chi connectivity index (χ4v) is 2.15. The molecule has 3 nitrogen and oxygen atoms in total. The first kappa shape index (κ1) is 11.5. The van der Waals surface area contributed by atoms with Crippen LogP contribution in [0.1, 0.15) is 12.5 Å². The molecule has 0 aliphatic carbocycles. The van der Waals surface area contributed by atoms with Crippen LogP contribution in [0, 0.1) is 5.82 Å². The Morgan fingerprint density at radius 3 is 3.00 bits per heavy atom. The Morgan fingerprint density at radius 1 is 1.56 bits per heavy atom. The Morgan fingerprint density at radius 2 is 2.31 bits per heavy atom. The fourth-order valence-electron chi connectivity index (χ4n) is 1.78. The van der Waals surface area contributed by atoms with Gasteiger partial charge in [0.15, 0.2) is 0 Å². The summed E-state index contributed by atoms with van der Waals surface area (Å²) >= 11 is 3.31. The van der Waals surface area contributed by atoms with Crippen LogP contribution in [-0.4, -0.2) is 19.0 Å². The van der Waals surface area contributed by atoms with Gasteiger partial charge in [0.2, 0.25) is 0 Å². The third-order valence-electron chi connectivity index (χ3n) is 2.53. The van der Waals surface area contributed by atoms with Crippen molar-refractivity contribution in [1.29, 1.82) is 0 Å². The van der Waals surface area contributed by atoms with Gasteiger partial charge in [-0.2, -0.15) is 0 Å². The molecule has 1 heterocycles. The summed E-state index contributed by atoms with van der Waals surface area (Å²) in [4.78, 5) is 4.29. The van der Waals surface area contributed by atoms with E-state index in [-0.39, 0.29) is 5.82 Å². The quantitative estimate of drug-likeness (QED) is 0.860. The fraction of sp³-hybridized carbons (Fsp3) is 0.364. The van der Waals surface area contributed by atoms with Crippen LogP contribution in [-0.2, 0) is 10.3 Å². The van der Waals surface area contributed by atoms with E-state index in [1.54, 1.807) is 12.1 Å². The number of aliphatic imine (C=N–C) groups is 1. The van der Waals surface area contributed by atoms with Crippen molar-refractivity contribution in [2.45, 2.75) is 12.5 Å². The van der Waals surface area contributed by atoms with Gasteiger partial charge in [-0.1, -0.05) is 15.9 Å². The second-order valence-corrected chi connectivity index (χ2v) is 4.91. The minimum absolute atomic E-state index is 0.298. The summed E-state index contributed by atoms with van der Waals surface area (Å²) < 4.78 is 19.9. The van der Waals surface area contributed by atoms with Gasteiger partial charge < -0.3 is 10.5 Å². The molecule has 86 valence electrons. The number of amidine groups is 1. The maximum absolute atomic E-state index is 13.7. The third kappa shape index (κ3) is 2.10. The highest BCUT2D eigenvalue weighted by atomic mass is 79.9. The molecule has 1 aromatic carbocycles. The van der Waals surface area contributed by atoms with Gasteiger partial charge in [-0.25, -0.2) is 4.39 Å². The van der Waals surface area contributed by atoms with Crippen LogP contribution in [0.2, 0.25) is 0 Å². The van der Waals surface area contributed by atoms with Crippen molar-refractivity contribution < 1.29 is 9.13 Å². The van der Waals surface area contributed by atoms with Gasteiger partial charge in [-0.15, -0.1) is 0 Å². The SMILES string of the molecule is C[C@@]1(c2cc(Br)ccc2F)COCC(N)=N1. The van der Waals surface area contributed by atoms with Gasteiger partial charge in [0.05, 0.1) is 6.61 Å². The lowest BCUT2D eigenvalue weighted by atomic mass is 9.92. The smallest absolute Gasteiger partial charge is 0.129 e. The normalized spacial score (nSPS) is 25.3. The molecule has 0 amide bonds. The van der Waals surface area contributed by atoms with Crippen molar-refractivity contribution in [3.05, 3.63) is 34.1 Å². The van der Waals surface area contributed by atoms with E-state index in [1.165, 1.54) is 6.07 Å². The Hall–Kier alpha value is -0.940. The second-order valence-electron chi connectivity index (χ2n) is 3.99. The molecule has 1 aliphatic rings. The number of nitrogens with zero attached hydrogens (tertiary/aromatic N) is 1. The Kier molecular flexibility index (Phi) is 2.99. The number of nitrogens with two attached hydrogens (primary N) is 1. The minimum atomic E-state index is -0.740. The van der Waals surface area contributed by atoms with E-state index in [0.29, 0.717) is 24.6 Å². The van der Waals surface area contributed by atoms with Gasteiger partial charge in [0.1, 0.15) is 23.8 Å². The lowest BCUT2D eigenvalue weighted by Gasteiger charge is -2.30. The van der Waals surface area contributed by atoms with Crippen molar-refractivity contribution in [3.63, 3.8) is 0 Å². The van der Waals surface area contributed by atoms with Gasteiger partial charge in [0.25, 0.3) is 0 Å². The molecule has 0 radical (unpaired) electrons. The summed E-state index contributed by atoms with van der Waals surface area (Å²) in [6, 6.07) is 4.77. The summed E-state index contributed by atoms with van der Waals surface area (Å²) in [7, 11) is 0. The molecule has 1 atom stereocenters. The molecule has 1 aromatic rings. The van der Waals surface area contributed by atoms with Crippen molar-refractivity contribution in [2.24, 2.45) is 10.7 Å². The molecule has 2 N–H and O–H groups in total. The van der Waals surface area contributed by atoms with Crippen molar-refractivity contribution >= 4 is 21.8 Å². The number of halogens is 2. The van der Waals surface area contributed by atoms with E-state index in [2.05, 4.69) is 20.9 Å². The number of benzene rings is 1. The summed E-state index contributed by atoms with van der Waals surface area (Å²) in [6.45, 7) is 2.45. The molecule has 5 heteroatoms. The summed E-state index contributed by atoms with van der Waals surface area (Å²) in [5.41, 5.74) is 5.38. The zero-order valence-electron chi connectivity index (χ0n) is 8.84. The molecule has 0 bridgehead atoms. The van der Waals surface area contributed by atoms with Crippen LogP contribution in [0.3, 0.4) is 0 Å². The number of rotatable bonds is 1. The average Bonchev–Trinajstić information content (AvgIpc) is 2.21. The van der Waals surface area contributed by atoms with Gasteiger partial charge in [0, 0.05) is 10.0 Å². The first-order chi connectivity index (χ1) is 7.51. The van der Waals surface area contributed by atoms with E-state index < -0.39 is 5.54 Å². The topological polar surface area (TPSA) is 47.6 Å². The molecule has 0 fully saturated rings. The Bertz CT molecular complexity index is 450. The van der Waals surface area contributed by atoms with Crippen LogP contribution in [0.5, 0.6) is 0 Å². The number of hydrogen-bond donors (Lipinski definition) is 1.